The van der Waals surface area contributed by atoms with Crippen LogP contribution in [-0.4, -0.2) is 11.7 Å². The number of rotatable bonds is 2. The van der Waals surface area contributed by atoms with Crippen LogP contribution >= 0.6 is 0 Å². The molecule has 3 rings (SSSR count). The Hall–Kier alpha value is -2.89. The van der Waals surface area contributed by atoms with Gasteiger partial charge < -0.3 is 14.2 Å². The van der Waals surface area contributed by atoms with Crippen molar-refractivity contribution in [3.8, 4) is 0 Å². The first-order valence-electron chi connectivity index (χ1n) is 6.67. The Balaban J connectivity index is 2.52. The Bertz CT molecular complexity index is 993. The van der Waals surface area contributed by atoms with Crippen molar-refractivity contribution in [2.45, 2.75) is 20.8 Å². The largest absolute Gasteiger partial charge is 0.450 e. The standard InChI is InChI=1S/C16H13NO5/c1-7-4-5-11-10(6-7)15-12(16(20)21-11)13(17-9(3)19)14(22-15)8(2)18/h4-6H,1-3H3,(H,17,19). The molecule has 0 aliphatic heterocycles. The number of hydrogen-bond donors (Lipinski definition) is 1. The van der Waals surface area contributed by atoms with Crippen LogP contribution in [-0.2, 0) is 4.79 Å². The summed E-state index contributed by atoms with van der Waals surface area (Å²) in [5.74, 6) is -0.861. The summed E-state index contributed by atoms with van der Waals surface area (Å²) in [6, 6.07) is 5.27. The number of carbonyl (C=O) groups excluding carboxylic acids is 2. The van der Waals surface area contributed by atoms with Gasteiger partial charge in [-0.2, -0.15) is 0 Å². The van der Waals surface area contributed by atoms with Gasteiger partial charge in [-0.25, -0.2) is 4.79 Å². The Labute approximate surface area is 124 Å². The lowest BCUT2D eigenvalue weighted by Crippen LogP contribution is -2.11. The molecule has 6 nitrogen and oxygen atoms in total. The lowest BCUT2D eigenvalue weighted by atomic mass is 10.1. The van der Waals surface area contributed by atoms with Crippen LogP contribution in [0.1, 0.15) is 30.0 Å². The van der Waals surface area contributed by atoms with Gasteiger partial charge in [-0.05, 0) is 19.1 Å². The molecule has 0 aliphatic rings. The van der Waals surface area contributed by atoms with Gasteiger partial charge in [0.2, 0.25) is 5.91 Å². The molecule has 0 radical (unpaired) electrons. The molecule has 2 heterocycles. The van der Waals surface area contributed by atoms with E-state index in [4.69, 9.17) is 8.83 Å². The van der Waals surface area contributed by atoms with Crippen molar-refractivity contribution in [2.24, 2.45) is 0 Å². The number of ketones is 1. The van der Waals surface area contributed by atoms with Gasteiger partial charge in [0.15, 0.2) is 17.1 Å². The average Bonchev–Trinajstić information content (AvgIpc) is 2.79. The van der Waals surface area contributed by atoms with E-state index in [1.54, 1.807) is 18.2 Å². The van der Waals surface area contributed by atoms with Gasteiger partial charge in [0.25, 0.3) is 0 Å². The molecule has 0 saturated heterocycles. The lowest BCUT2D eigenvalue weighted by molar-refractivity contribution is -0.114. The van der Waals surface area contributed by atoms with Gasteiger partial charge in [-0.1, -0.05) is 11.6 Å². The van der Waals surface area contributed by atoms with Crippen molar-refractivity contribution in [3.63, 3.8) is 0 Å². The van der Waals surface area contributed by atoms with Crippen molar-refractivity contribution in [1.82, 2.24) is 0 Å². The van der Waals surface area contributed by atoms with E-state index in [-0.39, 0.29) is 28.2 Å². The van der Waals surface area contributed by atoms with Gasteiger partial charge in [-0.3, -0.25) is 9.59 Å². The fourth-order valence-corrected chi connectivity index (χ4v) is 2.42. The van der Waals surface area contributed by atoms with E-state index in [1.165, 1.54) is 13.8 Å². The number of carbonyl (C=O) groups is 2. The van der Waals surface area contributed by atoms with Crippen molar-refractivity contribution in [2.75, 3.05) is 5.32 Å². The van der Waals surface area contributed by atoms with Crippen LogP contribution in [0, 0.1) is 6.92 Å². The average molecular weight is 299 g/mol. The maximum absolute atomic E-state index is 12.2. The summed E-state index contributed by atoms with van der Waals surface area (Å²) < 4.78 is 10.9. The molecule has 3 aromatic rings. The number of Topliss-reactive ketones (excluding diaryl/α,β-unsaturated/α-hetero) is 1. The third-order valence-electron chi connectivity index (χ3n) is 3.32. The highest BCUT2D eigenvalue weighted by molar-refractivity contribution is 6.14. The van der Waals surface area contributed by atoms with Crippen LogP contribution in [0.2, 0.25) is 0 Å². The van der Waals surface area contributed by atoms with Crippen LogP contribution in [0.15, 0.2) is 31.8 Å². The van der Waals surface area contributed by atoms with Gasteiger partial charge in [0.1, 0.15) is 16.7 Å². The van der Waals surface area contributed by atoms with Crippen LogP contribution in [0.4, 0.5) is 5.69 Å². The number of furan rings is 1. The third kappa shape index (κ3) is 2.09. The zero-order valence-corrected chi connectivity index (χ0v) is 12.3. The first kappa shape index (κ1) is 14.1. The van der Waals surface area contributed by atoms with E-state index in [2.05, 4.69) is 5.32 Å². The Morgan fingerprint density at radius 2 is 1.86 bits per heavy atom. The zero-order valence-electron chi connectivity index (χ0n) is 12.3. The molecule has 112 valence electrons. The first-order chi connectivity index (χ1) is 10.4. The monoisotopic (exact) mass is 299 g/mol. The highest BCUT2D eigenvalue weighted by atomic mass is 16.4. The van der Waals surface area contributed by atoms with Gasteiger partial charge in [0.05, 0.1) is 5.39 Å². The highest BCUT2D eigenvalue weighted by Gasteiger charge is 2.24. The molecule has 1 aromatic carbocycles. The first-order valence-corrected chi connectivity index (χ1v) is 6.67. The number of hydrogen-bond acceptors (Lipinski definition) is 5. The number of benzene rings is 1. The summed E-state index contributed by atoms with van der Waals surface area (Å²) in [6.45, 7) is 4.48. The highest BCUT2D eigenvalue weighted by Crippen LogP contribution is 2.34. The maximum atomic E-state index is 12.2. The molecular formula is C16H13NO5. The minimum absolute atomic E-state index is 0.0622. The quantitative estimate of drug-likeness (QED) is 0.580. The lowest BCUT2D eigenvalue weighted by Gasteiger charge is -2.01. The molecule has 6 heteroatoms. The molecule has 0 spiro atoms. The van der Waals surface area contributed by atoms with Crippen LogP contribution in [0.25, 0.3) is 21.9 Å². The summed E-state index contributed by atoms with van der Waals surface area (Å²) in [6.07, 6.45) is 0. The fourth-order valence-electron chi connectivity index (χ4n) is 2.42. The van der Waals surface area contributed by atoms with Crippen molar-refractivity contribution in [1.29, 1.82) is 0 Å². The topological polar surface area (TPSA) is 89.5 Å². The second kappa shape index (κ2) is 4.84. The minimum Gasteiger partial charge on any atom is -0.450 e. The molecule has 0 unspecified atom stereocenters. The summed E-state index contributed by atoms with van der Waals surface area (Å²) in [4.78, 5) is 35.3. The molecule has 22 heavy (non-hydrogen) atoms. The third-order valence-corrected chi connectivity index (χ3v) is 3.32. The summed E-state index contributed by atoms with van der Waals surface area (Å²) >= 11 is 0. The molecular weight excluding hydrogens is 286 g/mol. The second-order valence-electron chi connectivity index (χ2n) is 5.14. The van der Waals surface area contributed by atoms with E-state index in [1.807, 2.05) is 6.92 Å². The Morgan fingerprint density at radius 3 is 2.50 bits per heavy atom. The van der Waals surface area contributed by atoms with E-state index < -0.39 is 11.5 Å². The smallest absolute Gasteiger partial charge is 0.349 e. The summed E-state index contributed by atoms with van der Waals surface area (Å²) in [5, 5.41) is 3.13. The molecule has 0 aliphatic carbocycles. The maximum Gasteiger partial charge on any atom is 0.349 e. The van der Waals surface area contributed by atoms with Crippen LogP contribution in [0.3, 0.4) is 0 Å². The molecule has 0 bridgehead atoms. The number of amides is 1. The SMILES string of the molecule is CC(=O)Nc1c(C(C)=O)oc2c1c(=O)oc1ccc(C)cc12. The second-order valence-corrected chi connectivity index (χ2v) is 5.14. The molecule has 0 atom stereocenters. The number of aryl methyl sites for hydroxylation is 1. The van der Waals surface area contributed by atoms with Crippen molar-refractivity contribution >= 4 is 39.3 Å². The van der Waals surface area contributed by atoms with Crippen molar-refractivity contribution in [3.05, 3.63) is 39.9 Å². The molecule has 1 N–H and O–H groups in total. The predicted molar refractivity (Wildman–Crippen MR) is 81.3 cm³/mol. The Morgan fingerprint density at radius 1 is 1.14 bits per heavy atom. The number of anilines is 1. The summed E-state index contributed by atoms with van der Waals surface area (Å²) in [7, 11) is 0. The van der Waals surface area contributed by atoms with E-state index in [9.17, 15) is 14.4 Å². The van der Waals surface area contributed by atoms with Crippen LogP contribution < -0.4 is 10.9 Å². The number of fused-ring (bicyclic) bond motifs is 3. The molecule has 1 amide bonds. The van der Waals surface area contributed by atoms with Gasteiger partial charge in [0, 0.05) is 13.8 Å². The van der Waals surface area contributed by atoms with E-state index >= 15 is 0 Å². The fraction of sp³-hybridized carbons (Fsp3) is 0.188. The normalized spacial score (nSPS) is 11.0. The summed E-state index contributed by atoms with van der Waals surface area (Å²) in [5.41, 5.74) is 0.952. The van der Waals surface area contributed by atoms with E-state index in [0.29, 0.717) is 11.0 Å². The van der Waals surface area contributed by atoms with Gasteiger partial charge >= 0.3 is 5.63 Å². The number of nitrogens with one attached hydrogen (secondary N) is 1. The minimum atomic E-state index is -0.661. The Kier molecular flexibility index (Phi) is 3.09. The molecule has 2 aromatic heterocycles. The van der Waals surface area contributed by atoms with Crippen molar-refractivity contribution < 1.29 is 18.4 Å². The predicted octanol–water partition coefficient (Wildman–Crippen LogP) is 3.01. The zero-order chi connectivity index (χ0) is 16.0. The van der Waals surface area contributed by atoms with Crippen LogP contribution in [0.5, 0.6) is 0 Å². The van der Waals surface area contributed by atoms with E-state index in [0.717, 1.165) is 5.56 Å². The molecule has 0 fully saturated rings. The molecule has 0 saturated carbocycles. The van der Waals surface area contributed by atoms with Gasteiger partial charge in [-0.15, -0.1) is 0 Å².